The van der Waals surface area contributed by atoms with Crippen LogP contribution in [0.4, 0.5) is 5.69 Å². The molecule has 1 unspecified atom stereocenters. The van der Waals surface area contributed by atoms with Crippen LogP contribution in [0.2, 0.25) is 0 Å². The summed E-state index contributed by atoms with van der Waals surface area (Å²) in [5, 5.41) is 12.9. The van der Waals surface area contributed by atoms with Gasteiger partial charge in [0.15, 0.2) is 0 Å². The molecule has 1 aliphatic heterocycles. The van der Waals surface area contributed by atoms with E-state index in [1.807, 2.05) is 12.1 Å². The maximum absolute atomic E-state index is 9.39. The van der Waals surface area contributed by atoms with Crippen LogP contribution in [0.1, 0.15) is 31.2 Å². The SMILES string of the molecule is N#Cc1cc(Br)ccc1N(CC1CCCNC1)C1CC1. The summed E-state index contributed by atoms with van der Waals surface area (Å²) in [4.78, 5) is 2.47. The molecule has 0 radical (unpaired) electrons. The van der Waals surface area contributed by atoms with Crippen molar-refractivity contribution in [2.45, 2.75) is 31.7 Å². The summed E-state index contributed by atoms with van der Waals surface area (Å²) < 4.78 is 0.980. The van der Waals surface area contributed by atoms with E-state index in [2.05, 4.69) is 38.3 Å². The van der Waals surface area contributed by atoms with Gasteiger partial charge in [-0.2, -0.15) is 5.26 Å². The molecule has 0 amide bonds. The van der Waals surface area contributed by atoms with Crippen LogP contribution >= 0.6 is 15.9 Å². The summed E-state index contributed by atoms with van der Waals surface area (Å²) in [7, 11) is 0. The van der Waals surface area contributed by atoms with Gasteiger partial charge in [0.25, 0.3) is 0 Å². The quantitative estimate of drug-likeness (QED) is 0.918. The summed E-state index contributed by atoms with van der Waals surface area (Å²) in [6.07, 6.45) is 5.10. The van der Waals surface area contributed by atoms with Crippen LogP contribution in [0.25, 0.3) is 0 Å². The zero-order chi connectivity index (χ0) is 13.9. The summed E-state index contributed by atoms with van der Waals surface area (Å²) in [6, 6.07) is 9.07. The summed E-state index contributed by atoms with van der Waals surface area (Å²) >= 11 is 3.46. The van der Waals surface area contributed by atoms with Crippen LogP contribution in [-0.2, 0) is 0 Å². The molecule has 0 aromatic heterocycles. The van der Waals surface area contributed by atoms with Crippen LogP contribution in [0.5, 0.6) is 0 Å². The van der Waals surface area contributed by atoms with Gasteiger partial charge >= 0.3 is 0 Å². The van der Waals surface area contributed by atoms with E-state index in [1.165, 1.54) is 25.7 Å². The Kier molecular flexibility index (Phi) is 4.28. The highest BCUT2D eigenvalue weighted by atomic mass is 79.9. The van der Waals surface area contributed by atoms with E-state index in [-0.39, 0.29) is 0 Å². The normalized spacial score (nSPS) is 22.3. The second-order valence-corrected chi connectivity index (χ2v) is 6.78. The Morgan fingerprint density at radius 3 is 2.85 bits per heavy atom. The first-order valence-electron chi connectivity index (χ1n) is 7.45. The van der Waals surface area contributed by atoms with Gasteiger partial charge in [-0.3, -0.25) is 0 Å². The summed E-state index contributed by atoms with van der Waals surface area (Å²) in [5.41, 5.74) is 1.90. The van der Waals surface area contributed by atoms with Crippen molar-refractivity contribution < 1.29 is 0 Å². The highest BCUT2D eigenvalue weighted by Gasteiger charge is 2.32. The lowest BCUT2D eigenvalue weighted by Crippen LogP contribution is -2.39. The molecule has 3 rings (SSSR count). The summed E-state index contributed by atoms with van der Waals surface area (Å²) in [5.74, 6) is 0.708. The fourth-order valence-corrected chi connectivity index (χ4v) is 3.40. The van der Waals surface area contributed by atoms with Gasteiger partial charge in [-0.05, 0) is 62.9 Å². The first kappa shape index (κ1) is 13.9. The first-order valence-corrected chi connectivity index (χ1v) is 8.24. The average Bonchev–Trinajstić information content (AvgIpc) is 3.31. The van der Waals surface area contributed by atoms with Gasteiger partial charge < -0.3 is 10.2 Å². The monoisotopic (exact) mass is 333 g/mol. The molecule has 1 aliphatic carbocycles. The molecule has 20 heavy (non-hydrogen) atoms. The summed E-state index contributed by atoms with van der Waals surface area (Å²) in [6.45, 7) is 3.34. The molecule has 2 fully saturated rings. The van der Waals surface area contributed by atoms with Gasteiger partial charge in [-0.25, -0.2) is 0 Å². The molecule has 0 bridgehead atoms. The molecule has 4 heteroatoms. The van der Waals surface area contributed by atoms with E-state index in [4.69, 9.17) is 0 Å². The lowest BCUT2D eigenvalue weighted by Gasteiger charge is -2.32. The zero-order valence-corrected chi connectivity index (χ0v) is 13.2. The lowest BCUT2D eigenvalue weighted by atomic mass is 9.98. The Morgan fingerprint density at radius 2 is 2.20 bits per heavy atom. The number of rotatable bonds is 4. The minimum atomic E-state index is 0.644. The Bertz CT molecular complexity index is 513. The predicted molar refractivity (Wildman–Crippen MR) is 84.8 cm³/mol. The van der Waals surface area contributed by atoms with E-state index < -0.39 is 0 Å². The number of nitrogens with zero attached hydrogens (tertiary/aromatic N) is 2. The molecule has 1 saturated carbocycles. The topological polar surface area (TPSA) is 39.1 Å². The van der Waals surface area contributed by atoms with Crippen molar-refractivity contribution >= 4 is 21.6 Å². The van der Waals surface area contributed by atoms with Crippen molar-refractivity contribution in [3.8, 4) is 6.07 Å². The number of nitrogens with one attached hydrogen (secondary N) is 1. The number of halogens is 1. The van der Waals surface area contributed by atoms with Crippen molar-refractivity contribution in [2.75, 3.05) is 24.5 Å². The number of nitriles is 1. The molecule has 1 aromatic rings. The van der Waals surface area contributed by atoms with E-state index in [1.54, 1.807) is 0 Å². The molecule has 1 N–H and O–H groups in total. The van der Waals surface area contributed by atoms with Crippen LogP contribution in [0.15, 0.2) is 22.7 Å². The predicted octanol–water partition coefficient (Wildman–Crippen LogP) is 3.29. The lowest BCUT2D eigenvalue weighted by molar-refractivity contribution is 0.376. The maximum atomic E-state index is 9.39. The fourth-order valence-electron chi connectivity index (χ4n) is 3.04. The number of benzene rings is 1. The largest absolute Gasteiger partial charge is 0.367 e. The molecule has 106 valence electrons. The maximum Gasteiger partial charge on any atom is 0.101 e. The number of anilines is 1. The molecule has 1 atom stereocenters. The number of hydrogen-bond acceptors (Lipinski definition) is 3. The molecule has 3 nitrogen and oxygen atoms in total. The average molecular weight is 334 g/mol. The van der Waals surface area contributed by atoms with Gasteiger partial charge in [-0.15, -0.1) is 0 Å². The van der Waals surface area contributed by atoms with Crippen LogP contribution in [-0.4, -0.2) is 25.7 Å². The molecule has 1 saturated heterocycles. The highest BCUT2D eigenvalue weighted by molar-refractivity contribution is 9.10. The van der Waals surface area contributed by atoms with Crippen LogP contribution < -0.4 is 10.2 Å². The van der Waals surface area contributed by atoms with Gasteiger partial charge in [0.2, 0.25) is 0 Å². The van der Waals surface area contributed by atoms with Gasteiger partial charge in [0.05, 0.1) is 11.3 Å². The van der Waals surface area contributed by atoms with Crippen molar-refractivity contribution in [1.29, 1.82) is 5.26 Å². The third-order valence-electron chi connectivity index (χ3n) is 4.23. The number of piperidine rings is 1. The second-order valence-electron chi connectivity index (χ2n) is 5.87. The molecule has 1 aromatic carbocycles. The molecule has 1 heterocycles. The molecular formula is C16H20BrN3. The first-order chi connectivity index (χ1) is 9.78. The van der Waals surface area contributed by atoms with Crippen molar-refractivity contribution in [2.24, 2.45) is 5.92 Å². The van der Waals surface area contributed by atoms with E-state index in [9.17, 15) is 5.26 Å². The molecule has 0 spiro atoms. The van der Waals surface area contributed by atoms with Crippen LogP contribution in [0.3, 0.4) is 0 Å². The van der Waals surface area contributed by atoms with Crippen LogP contribution in [0, 0.1) is 17.2 Å². The van der Waals surface area contributed by atoms with E-state index in [0.29, 0.717) is 12.0 Å². The Morgan fingerprint density at radius 1 is 1.35 bits per heavy atom. The van der Waals surface area contributed by atoms with Gasteiger partial charge in [0, 0.05) is 17.1 Å². The van der Waals surface area contributed by atoms with E-state index >= 15 is 0 Å². The van der Waals surface area contributed by atoms with Gasteiger partial charge in [-0.1, -0.05) is 15.9 Å². The molecular weight excluding hydrogens is 314 g/mol. The van der Waals surface area contributed by atoms with Crippen molar-refractivity contribution in [1.82, 2.24) is 5.32 Å². The minimum absolute atomic E-state index is 0.644. The van der Waals surface area contributed by atoms with Crippen molar-refractivity contribution in [3.63, 3.8) is 0 Å². The smallest absolute Gasteiger partial charge is 0.101 e. The van der Waals surface area contributed by atoms with Gasteiger partial charge in [0.1, 0.15) is 6.07 Å². The van der Waals surface area contributed by atoms with E-state index in [0.717, 1.165) is 35.4 Å². The van der Waals surface area contributed by atoms with Crippen molar-refractivity contribution in [3.05, 3.63) is 28.2 Å². The number of hydrogen-bond donors (Lipinski definition) is 1. The Hall–Kier alpha value is -1.05. The fraction of sp³-hybridized carbons (Fsp3) is 0.562. The third-order valence-corrected chi connectivity index (χ3v) is 4.72. The second kappa shape index (κ2) is 6.15. The zero-order valence-electron chi connectivity index (χ0n) is 11.6. The third kappa shape index (κ3) is 3.16. The molecule has 2 aliphatic rings. The Balaban J connectivity index is 1.81. The highest BCUT2D eigenvalue weighted by Crippen LogP contribution is 2.35. The standard InChI is InChI=1S/C16H20BrN3/c17-14-3-6-16(13(8-14)9-18)20(15-4-5-15)11-12-2-1-7-19-10-12/h3,6,8,12,15,19H,1-2,4-5,7,10-11H2. The Labute approximate surface area is 129 Å². The minimum Gasteiger partial charge on any atom is -0.367 e.